The minimum absolute atomic E-state index is 0.0939. The summed E-state index contributed by atoms with van der Waals surface area (Å²) in [5.41, 5.74) is 1.55. The van der Waals surface area contributed by atoms with Gasteiger partial charge in [-0.25, -0.2) is 4.79 Å². The van der Waals surface area contributed by atoms with E-state index in [9.17, 15) is 9.59 Å². The number of rotatable bonds is 9. The van der Waals surface area contributed by atoms with Crippen molar-refractivity contribution >= 4 is 11.9 Å². The third kappa shape index (κ3) is 7.65. The van der Waals surface area contributed by atoms with Gasteiger partial charge in [-0.2, -0.15) is 0 Å². The van der Waals surface area contributed by atoms with Crippen LogP contribution in [0.15, 0.2) is 66.3 Å². The lowest BCUT2D eigenvalue weighted by molar-refractivity contribution is -0.138. The van der Waals surface area contributed by atoms with Gasteiger partial charge in [0.05, 0.1) is 12.6 Å². The Balaban J connectivity index is 3.23. The van der Waals surface area contributed by atoms with Gasteiger partial charge in [0.15, 0.2) is 0 Å². The van der Waals surface area contributed by atoms with E-state index in [4.69, 9.17) is 4.74 Å². The molecule has 1 atom stereocenters. The van der Waals surface area contributed by atoms with E-state index in [-0.39, 0.29) is 23.8 Å². The minimum atomic E-state index is -0.347. The van der Waals surface area contributed by atoms with E-state index >= 15 is 0 Å². The predicted molar refractivity (Wildman–Crippen MR) is 110 cm³/mol. The zero-order valence-electron chi connectivity index (χ0n) is 17.0. The van der Waals surface area contributed by atoms with Crippen LogP contribution in [0.1, 0.15) is 40.2 Å². The molecule has 0 unspecified atom stereocenters. The molecule has 1 aromatic rings. The van der Waals surface area contributed by atoms with E-state index in [1.54, 1.807) is 30.9 Å². The fraction of sp³-hybridized carbons (Fsp3) is 0.391. The summed E-state index contributed by atoms with van der Waals surface area (Å²) in [5.74, 6) is -0.305. The molecule has 0 spiro atoms. The van der Waals surface area contributed by atoms with Crippen molar-refractivity contribution < 1.29 is 14.3 Å². The van der Waals surface area contributed by atoms with E-state index in [2.05, 4.69) is 0 Å². The lowest BCUT2D eigenvalue weighted by atomic mass is 9.98. The summed E-state index contributed by atoms with van der Waals surface area (Å²) < 4.78 is 5.09. The Morgan fingerprint density at radius 3 is 2.37 bits per heavy atom. The van der Waals surface area contributed by atoms with Crippen LogP contribution in [0.2, 0.25) is 0 Å². The van der Waals surface area contributed by atoms with Gasteiger partial charge in [0, 0.05) is 18.2 Å². The van der Waals surface area contributed by atoms with Crippen LogP contribution in [-0.2, 0) is 20.9 Å². The van der Waals surface area contributed by atoms with Crippen LogP contribution in [0.5, 0.6) is 0 Å². The largest absolute Gasteiger partial charge is 0.463 e. The van der Waals surface area contributed by atoms with Crippen molar-refractivity contribution in [2.75, 3.05) is 6.61 Å². The fourth-order valence-electron chi connectivity index (χ4n) is 2.67. The van der Waals surface area contributed by atoms with Crippen molar-refractivity contribution in [3.8, 4) is 0 Å². The number of nitrogens with zero attached hydrogens (tertiary/aromatic N) is 1. The molecule has 27 heavy (non-hydrogen) atoms. The van der Waals surface area contributed by atoms with E-state index < -0.39 is 0 Å². The number of esters is 1. The molecule has 4 nitrogen and oxygen atoms in total. The second-order valence-electron chi connectivity index (χ2n) is 6.64. The molecule has 0 fully saturated rings. The molecule has 1 rings (SSSR count). The second-order valence-corrected chi connectivity index (χ2v) is 6.64. The molecule has 0 bridgehead atoms. The third-order valence-electron chi connectivity index (χ3n) is 4.08. The molecule has 0 aliphatic rings. The van der Waals surface area contributed by atoms with Crippen molar-refractivity contribution in [2.45, 2.75) is 47.2 Å². The average Bonchev–Trinajstić information content (AvgIpc) is 2.65. The Kier molecular flexibility index (Phi) is 9.88. The van der Waals surface area contributed by atoms with Crippen molar-refractivity contribution in [3.63, 3.8) is 0 Å². The van der Waals surface area contributed by atoms with Crippen molar-refractivity contribution in [1.29, 1.82) is 0 Å². The van der Waals surface area contributed by atoms with E-state index in [1.807, 2.05) is 69.3 Å². The minimum Gasteiger partial charge on any atom is -0.463 e. The predicted octanol–water partition coefficient (Wildman–Crippen LogP) is 4.68. The average molecular weight is 370 g/mol. The van der Waals surface area contributed by atoms with Crippen LogP contribution in [0.3, 0.4) is 0 Å². The lowest BCUT2D eigenvalue weighted by Crippen LogP contribution is -2.41. The number of benzene rings is 1. The third-order valence-corrected chi connectivity index (χ3v) is 4.08. The highest BCUT2D eigenvalue weighted by molar-refractivity contribution is 5.90. The number of carbonyl (C=O) groups is 2. The monoisotopic (exact) mass is 369 g/mol. The molecule has 0 heterocycles. The fourth-order valence-corrected chi connectivity index (χ4v) is 2.67. The van der Waals surface area contributed by atoms with Crippen LogP contribution in [-0.4, -0.2) is 29.4 Å². The quantitative estimate of drug-likeness (QED) is 0.361. The molecule has 0 N–H and O–H groups in total. The molecule has 146 valence electrons. The Morgan fingerprint density at radius 2 is 1.81 bits per heavy atom. The summed E-state index contributed by atoms with van der Waals surface area (Å²) in [6.45, 7) is 10.3. The zero-order valence-corrected chi connectivity index (χ0v) is 17.0. The highest BCUT2D eigenvalue weighted by Gasteiger charge is 2.24. The van der Waals surface area contributed by atoms with Crippen molar-refractivity contribution in [1.82, 2.24) is 4.90 Å². The van der Waals surface area contributed by atoms with Gasteiger partial charge in [0.1, 0.15) is 0 Å². The highest BCUT2D eigenvalue weighted by atomic mass is 16.5. The number of hydrogen-bond donors (Lipinski definition) is 0. The summed E-state index contributed by atoms with van der Waals surface area (Å²) in [6, 6.07) is 9.63. The van der Waals surface area contributed by atoms with Crippen LogP contribution in [0.4, 0.5) is 0 Å². The van der Waals surface area contributed by atoms with Crippen LogP contribution < -0.4 is 0 Å². The highest BCUT2D eigenvalue weighted by Crippen LogP contribution is 2.19. The Bertz CT molecular complexity index is 687. The standard InChI is InChI=1S/C23H31NO3/c1-6-8-10-15-22(25)24(17-20-13-11-9-12-14-20)21(18(3)4)16-19(5)23(26)27-7-2/h6,8-16,18,21H,7,17H2,1-5H3/b8-6+,15-10+,19-16+/t21-/m1/s1. The zero-order chi connectivity index (χ0) is 20.2. The molecule has 0 aliphatic carbocycles. The van der Waals surface area contributed by atoms with Gasteiger partial charge >= 0.3 is 5.97 Å². The second kappa shape index (κ2) is 11.9. The summed E-state index contributed by atoms with van der Waals surface area (Å²) in [5, 5.41) is 0. The molecule has 0 aromatic heterocycles. The molecular weight excluding hydrogens is 338 g/mol. The van der Waals surface area contributed by atoms with Crippen LogP contribution in [0, 0.1) is 5.92 Å². The Hall–Kier alpha value is -2.62. The Morgan fingerprint density at radius 1 is 1.15 bits per heavy atom. The molecule has 0 radical (unpaired) electrons. The molecule has 1 amide bonds. The molecular formula is C23H31NO3. The maximum Gasteiger partial charge on any atom is 0.333 e. The van der Waals surface area contributed by atoms with Gasteiger partial charge in [-0.3, -0.25) is 4.79 Å². The van der Waals surface area contributed by atoms with Crippen molar-refractivity contribution in [2.24, 2.45) is 5.92 Å². The first-order valence-electron chi connectivity index (χ1n) is 9.40. The SMILES string of the molecule is C/C=C/C=C/C(=O)N(Cc1ccccc1)[C@H](/C=C(\C)C(=O)OCC)C(C)C. The number of ether oxygens (including phenoxy) is 1. The van der Waals surface area contributed by atoms with Crippen LogP contribution in [0.25, 0.3) is 0 Å². The van der Waals surface area contributed by atoms with E-state index in [1.165, 1.54) is 0 Å². The van der Waals surface area contributed by atoms with Gasteiger partial charge < -0.3 is 9.64 Å². The van der Waals surface area contributed by atoms with Gasteiger partial charge in [-0.05, 0) is 32.3 Å². The Labute approximate surface area is 163 Å². The van der Waals surface area contributed by atoms with E-state index in [0.717, 1.165) is 5.56 Å². The summed E-state index contributed by atoms with van der Waals surface area (Å²) in [6.07, 6.45) is 8.83. The molecule has 0 saturated carbocycles. The molecule has 1 aromatic carbocycles. The maximum absolute atomic E-state index is 12.9. The topological polar surface area (TPSA) is 46.6 Å². The lowest BCUT2D eigenvalue weighted by Gasteiger charge is -2.32. The molecule has 4 heteroatoms. The number of amides is 1. The summed E-state index contributed by atoms with van der Waals surface area (Å²) in [4.78, 5) is 26.7. The normalized spacial score (nSPS) is 13.3. The smallest absolute Gasteiger partial charge is 0.333 e. The first-order chi connectivity index (χ1) is 12.9. The van der Waals surface area contributed by atoms with Crippen LogP contribution >= 0.6 is 0 Å². The molecule has 0 saturated heterocycles. The van der Waals surface area contributed by atoms with Gasteiger partial charge in [0.2, 0.25) is 5.91 Å². The first-order valence-corrected chi connectivity index (χ1v) is 9.40. The van der Waals surface area contributed by atoms with Gasteiger partial charge in [-0.1, -0.05) is 68.5 Å². The van der Waals surface area contributed by atoms with Gasteiger partial charge in [-0.15, -0.1) is 0 Å². The van der Waals surface area contributed by atoms with Crippen molar-refractivity contribution in [3.05, 3.63) is 71.8 Å². The molecule has 0 aliphatic heterocycles. The summed E-state index contributed by atoms with van der Waals surface area (Å²) >= 11 is 0. The number of hydrogen-bond acceptors (Lipinski definition) is 3. The summed E-state index contributed by atoms with van der Waals surface area (Å²) in [7, 11) is 0. The number of allylic oxidation sites excluding steroid dienone is 3. The maximum atomic E-state index is 12.9. The number of carbonyl (C=O) groups excluding carboxylic acids is 2. The van der Waals surface area contributed by atoms with E-state index in [0.29, 0.717) is 18.7 Å². The van der Waals surface area contributed by atoms with Gasteiger partial charge in [0.25, 0.3) is 0 Å². The first kappa shape index (κ1) is 22.4.